The van der Waals surface area contributed by atoms with E-state index in [-0.39, 0.29) is 16.1 Å². The van der Waals surface area contributed by atoms with Crippen LogP contribution in [0.15, 0.2) is 71.2 Å². The van der Waals surface area contributed by atoms with E-state index in [1.54, 1.807) is 65.6 Å². The summed E-state index contributed by atoms with van der Waals surface area (Å²) in [6.07, 6.45) is 0. The summed E-state index contributed by atoms with van der Waals surface area (Å²) in [5.74, 6) is -5.25. The molecule has 3 unspecified atom stereocenters. The first kappa shape index (κ1) is 22.5. The van der Waals surface area contributed by atoms with Crippen molar-refractivity contribution in [2.24, 2.45) is 11.8 Å². The molecular formula is C26H14BrCl2NO5. The van der Waals surface area contributed by atoms with Crippen LogP contribution < -0.4 is 4.90 Å². The molecule has 2 fully saturated rings. The Hall–Kier alpha value is -3.00. The van der Waals surface area contributed by atoms with Crippen LogP contribution in [0, 0.1) is 11.8 Å². The highest BCUT2D eigenvalue weighted by molar-refractivity contribution is 9.10. The molecule has 0 N–H and O–H groups in total. The van der Waals surface area contributed by atoms with Gasteiger partial charge in [-0.3, -0.25) is 19.2 Å². The molecule has 3 aliphatic rings. The van der Waals surface area contributed by atoms with Gasteiger partial charge in [0.1, 0.15) is 5.92 Å². The summed E-state index contributed by atoms with van der Waals surface area (Å²) in [6.45, 7) is 0. The molecule has 3 aromatic rings. The second-order valence-electron chi connectivity index (χ2n) is 8.68. The number of anilines is 1. The molecule has 0 amide bonds. The number of carbonyl (C=O) groups is 4. The molecule has 174 valence electrons. The predicted octanol–water partition coefficient (Wildman–Crippen LogP) is 5.45. The Morgan fingerprint density at radius 2 is 1.46 bits per heavy atom. The zero-order chi connectivity index (χ0) is 24.6. The summed E-state index contributed by atoms with van der Waals surface area (Å²) >= 11 is 16.2. The van der Waals surface area contributed by atoms with Gasteiger partial charge in [-0.15, -0.1) is 0 Å². The Morgan fingerprint density at radius 1 is 0.829 bits per heavy atom. The summed E-state index contributed by atoms with van der Waals surface area (Å²) < 4.78 is 5.85. The molecule has 3 atom stereocenters. The molecule has 2 heterocycles. The largest absolute Gasteiger partial charge is 0.393 e. The Kier molecular flexibility index (Phi) is 4.97. The average Bonchev–Trinajstić information content (AvgIpc) is 3.39. The van der Waals surface area contributed by atoms with Crippen LogP contribution in [0.2, 0.25) is 10.0 Å². The average molecular weight is 571 g/mol. The minimum Gasteiger partial charge on any atom is -0.393 e. The van der Waals surface area contributed by atoms with Crippen molar-refractivity contribution < 1.29 is 23.9 Å². The number of Topliss-reactive ketones (excluding diaryl/α,β-unsaturated/α-hetero) is 2. The molecule has 0 saturated carbocycles. The summed E-state index contributed by atoms with van der Waals surface area (Å²) in [5.41, 5.74) is -0.722. The number of fused-ring (bicyclic) bond motifs is 3. The van der Waals surface area contributed by atoms with Gasteiger partial charge in [-0.25, -0.2) is 0 Å². The van der Waals surface area contributed by atoms with E-state index in [1.165, 1.54) is 6.07 Å². The molecule has 6 nitrogen and oxygen atoms in total. The topological polar surface area (TPSA) is 80.8 Å². The standard InChI is InChI=1S/C26H14BrCl2NO5/c27-13-7-5-12(6-8-13)21-19-20(25(34)35-24(19)33)26(30(21)18-10-9-14(28)11-17(18)29)22(31)15-3-1-2-4-16(15)23(26)32/h1-11,19-21H. The van der Waals surface area contributed by atoms with Crippen molar-refractivity contribution in [1.82, 2.24) is 0 Å². The van der Waals surface area contributed by atoms with Gasteiger partial charge in [0.2, 0.25) is 0 Å². The van der Waals surface area contributed by atoms with Crippen LogP contribution in [0.4, 0.5) is 5.69 Å². The lowest BCUT2D eigenvalue weighted by Crippen LogP contribution is -2.59. The van der Waals surface area contributed by atoms with E-state index in [2.05, 4.69) is 15.9 Å². The Balaban J connectivity index is 1.70. The van der Waals surface area contributed by atoms with Crippen molar-refractivity contribution in [3.05, 3.63) is 97.9 Å². The lowest BCUT2D eigenvalue weighted by molar-refractivity contribution is -0.154. The quantitative estimate of drug-likeness (QED) is 0.301. The summed E-state index contributed by atoms with van der Waals surface area (Å²) in [6, 6.07) is 17.3. The lowest BCUT2D eigenvalue weighted by atomic mass is 9.76. The number of cyclic esters (lactones) is 2. The fourth-order valence-electron chi connectivity index (χ4n) is 5.71. The molecule has 35 heavy (non-hydrogen) atoms. The van der Waals surface area contributed by atoms with Crippen molar-refractivity contribution in [3.63, 3.8) is 0 Å². The second kappa shape index (κ2) is 7.75. The predicted molar refractivity (Wildman–Crippen MR) is 132 cm³/mol. The van der Waals surface area contributed by atoms with Gasteiger partial charge in [-0.2, -0.15) is 0 Å². The number of rotatable bonds is 2. The van der Waals surface area contributed by atoms with Crippen LogP contribution in [-0.2, 0) is 14.3 Å². The number of nitrogens with zero attached hydrogens (tertiary/aromatic N) is 1. The third kappa shape index (κ3) is 2.89. The third-order valence-corrected chi connectivity index (χ3v) is 8.09. The molecule has 0 aromatic heterocycles. The van der Waals surface area contributed by atoms with Crippen LogP contribution in [0.25, 0.3) is 0 Å². The SMILES string of the molecule is O=C1OC(=O)C2C1C(c1ccc(Br)cc1)N(c1ccc(Cl)cc1Cl)C21C(=O)c2ccccc2C1=O. The molecule has 3 aromatic carbocycles. The first-order valence-electron chi connectivity index (χ1n) is 10.7. The highest BCUT2D eigenvalue weighted by Crippen LogP contribution is 2.60. The van der Waals surface area contributed by atoms with E-state index in [1.807, 2.05) is 0 Å². The van der Waals surface area contributed by atoms with Crippen molar-refractivity contribution in [2.75, 3.05) is 4.90 Å². The number of ketones is 2. The van der Waals surface area contributed by atoms with Gasteiger partial charge in [0, 0.05) is 20.6 Å². The number of ether oxygens (including phenoxy) is 1. The highest BCUT2D eigenvalue weighted by Gasteiger charge is 2.76. The van der Waals surface area contributed by atoms with E-state index in [4.69, 9.17) is 27.9 Å². The second-order valence-corrected chi connectivity index (χ2v) is 10.4. The number of halogens is 3. The van der Waals surface area contributed by atoms with Crippen molar-refractivity contribution in [1.29, 1.82) is 0 Å². The van der Waals surface area contributed by atoms with Gasteiger partial charge in [-0.05, 0) is 35.9 Å². The molecule has 0 bridgehead atoms. The molecule has 6 rings (SSSR count). The summed E-state index contributed by atoms with van der Waals surface area (Å²) in [5, 5.41) is 0.534. The van der Waals surface area contributed by atoms with Crippen LogP contribution in [0.1, 0.15) is 32.3 Å². The van der Waals surface area contributed by atoms with Gasteiger partial charge in [0.05, 0.1) is 22.7 Å². The number of hydrogen-bond acceptors (Lipinski definition) is 6. The Labute approximate surface area is 217 Å². The fourth-order valence-corrected chi connectivity index (χ4v) is 6.48. The third-order valence-electron chi connectivity index (χ3n) is 7.02. The number of benzene rings is 3. The van der Waals surface area contributed by atoms with Crippen molar-refractivity contribution in [3.8, 4) is 0 Å². The van der Waals surface area contributed by atoms with Crippen molar-refractivity contribution >= 4 is 68.3 Å². The maximum Gasteiger partial charge on any atom is 0.320 e. The van der Waals surface area contributed by atoms with Crippen LogP contribution in [-0.4, -0.2) is 29.0 Å². The summed E-state index contributed by atoms with van der Waals surface area (Å²) in [4.78, 5) is 56.2. The van der Waals surface area contributed by atoms with Crippen LogP contribution in [0.5, 0.6) is 0 Å². The van der Waals surface area contributed by atoms with Crippen molar-refractivity contribution in [2.45, 2.75) is 11.6 Å². The number of carbonyl (C=O) groups excluding carboxylic acids is 4. The molecule has 1 spiro atoms. The number of hydrogen-bond donors (Lipinski definition) is 0. The maximum atomic E-state index is 14.2. The zero-order valence-electron chi connectivity index (χ0n) is 17.7. The molecule has 2 saturated heterocycles. The van der Waals surface area contributed by atoms with Crippen LogP contribution >= 0.6 is 39.1 Å². The molecule has 9 heteroatoms. The van der Waals surface area contributed by atoms with E-state index in [9.17, 15) is 19.2 Å². The first-order chi connectivity index (χ1) is 16.8. The number of esters is 2. The van der Waals surface area contributed by atoms with Crippen LogP contribution in [0.3, 0.4) is 0 Å². The molecule has 2 aliphatic heterocycles. The zero-order valence-corrected chi connectivity index (χ0v) is 20.8. The van der Waals surface area contributed by atoms with Gasteiger partial charge in [0.25, 0.3) is 0 Å². The summed E-state index contributed by atoms with van der Waals surface area (Å²) in [7, 11) is 0. The fraction of sp³-hybridized carbons (Fsp3) is 0.154. The molecular weight excluding hydrogens is 557 g/mol. The Bertz CT molecular complexity index is 1440. The van der Waals surface area contributed by atoms with E-state index < -0.39 is 46.9 Å². The van der Waals surface area contributed by atoms with E-state index in [0.717, 1.165) is 4.47 Å². The highest BCUT2D eigenvalue weighted by atomic mass is 79.9. The van der Waals surface area contributed by atoms with E-state index in [0.29, 0.717) is 16.3 Å². The lowest BCUT2D eigenvalue weighted by Gasteiger charge is -2.40. The minimum atomic E-state index is -2.03. The van der Waals surface area contributed by atoms with Gasteiger partial charge >= 0.3 is 11.9 Å². The normalized spacial score (nSPS) is 24.2. The van der Waals surface area contributed by atoms with Gasteiger partial charge in [-0.1, -0.05) is 75.5 Å². The molecule has 1 aliphatic carbocycles. The minimum absolute atomic E-state index is 0.177. The Morgan fingerprint density at radius 3 is 2.06 bits per heavy atom. The maximum absolute atomic E-state index is 14.2. The monoisotopic (exact) mass is 569 g/mol. The van der Waals surface area contributed by atoms with Gasteiger partial charge < -0.3 is 9.64 Å². The van der Waals surface area contributed by atoms with E-state index >= 15 is 0 Å². The van der Waals surface area contributed by atoms with Gasteiger partial charge in [0.15, 0.2) is 17.1 Å². The smallest absolute Gasteiger partial charge is 0.320 e. The molecule has 0 radical (unpaired) electrons. The first-order valence-corrected chi connectivity index (χ1v) is 12.3.